The first-order chi connectivity index (χ1) is 10.0. The number of carbonyl (C=O) groups excluding carboxylic acids is 2. The zero-order valence-electron chi connectivity index (χ0n) is 11.4. The van der Waals surface area contributed by atoms with Crippen LogP contribution in [0.15, 0.2) is 42.5 Å². The molecule has 0 heterocycles. The molecule has 0 radical (unpaired) electrons. The van der Waals surface area contributed by atoms with Gasteiger partial charge in [0.05, 0.1) is 7.11 Å². The summed E-state index contributed by atoms with van der Waals surface area (Å²) < 4.78 is 5.13. The van der Waals surface area contributed by atoms with Crippen molar-refractivity contribution in [3.8, 4) is 5.75 Å². The number of nitrogens with one attached hydrogen (secondary N) is 1. The predicted octanol–water partition coefficient (Wildman–Crippen LogP) is 1.63. The van der Waals surface area contributed by atoms with E-state index in [9.17, 15) is 9.59 Å². The third-order valence-electron chi connectivity index (χ3n) is 2.93. The Labute approximate surface area is 121 Å². The van der Waals surface area contributed by atoms with Crippen LogP contribution in [0.5, 0.6) is 5.75 Å². The van der Waals surface area contributed by atoms with Crippen molar-refractivity contribution in [3.05, 3.63) is 53.6 Å². The molecule has 5 N–H and O–H groups in total. The molecule has 2 amide bonds. The average molecular weight is 285 g/mol. The Kier molecular flexibility index (Phi) is 4.08. The van der Waals surface area contributed by atoms with E-state index in [1.807, 2.05) is 0 Å². The molecule has 0 bridgehead atoms. The molecule has 6 heteroatoms. The fourth-order valence-electron chi connectivity index (χ4n) is 1.87. The number of nitrogens with two attached hydrogens (primary N) is 2. The second kappa shape index (κ2) is 5.96. The minimum atomic E-state index is -0.526. The first-order valence-electron chi connectivity index (χ1n) is 6.16. The zero-order valence-corrected chi connectivity index (χ0v) is 11.4. The van der Waals surface area contributed by atoms with Gasteiger partial charge in [-0.1, -0.05) is 6.07 Å². The number of anilines is 2. The molecule has 0 aliphatic rings. The Morgan fingerprint density at radius 1 is 1.10 bits per heavy atom. The van der Waals surface area contributed by atoms with E-state index < -0.39 is 11.8 Å². The van der Waals surface area contributed by atoms with Crippen LogP contribution in [0, 0.1) is 0 Å². The summed E-state index contributed by atoms with van der Waals surface area (Å²) in [6, 6.07) is 11.2. The van der Waals surface area contributed by atoms with Gasteiger partial charge in [0.2, 0.25) is 5.91 Å². The van der Waals surface area contributed by atoms with Crippen molar-refractivity contribution in [2.45, 2.75) is 0 Å². The van der Waals surface area contributed by atoms with Crippen LogP contribution in [0.1, 0.15) is 20.7 Å². The molecule has 0 saturated heterocycles. The topological polar surface area (TPSA) is 107 Å². The molecule has 0 fully saturated rings. The second-order valence-corrected chi connectivity index (χ2v) is 4.32. The summed E-state index contributed by atoms with van der Waals surface area (Å²) in [6.45, 7) is 0. The molecule has 0 atom stereocenters. The molecule has 6 nitrogen and oxygen atoms in total. The zero-order chi connectivity index (χ0) is 15.4. The van der Waals surface area contributed by atoms with Crippen LogP contribution in [-0.2, 0) is 0 Å². The predicted molar refractivity (Wildman–Crippen MR) is 80.3 cm³/mol. The lowest BCUT2D eigenvalue weighted by molar-refractivity contribution is 0.0998. The van der Waals surface area contributed by atoms with E-state index >= 15 is 0 Å². The van der Waals surface area contributed by atoms with E-state index in [2.05, 4.69) is 5.32 Å². The van der Waals surface area contributed by atoms with Gasteiger partial charge in [-0.2, -0.15) is 0 Å². The largest absolute Gasteiger partial charge is 0.496 e. The fourth-order valence-corrected chi connectivity index (χ4v) is 1.87. The van der Waals surface area contributed by atoms with E-state index in [1.165, 1.54) is 19.2 Å². The molecule has 0 spiro atoms. The van der Waals surface area contributed by atoms with Crippen molar-refractivity contribution in [2.24, 2.45) is 5.73 Å². The maximum atomic E-state index is 12.3. The van der Waals surface area contributed by atoms with Crippen molar-refractivity contribution < 1.29 is 14.3 Å². The molecule has 2 aromatic carbocycles. The van der Waals surface area contributed by atoms with E-state index in [0.29, 0.717) is 22.7 Å². The summed E-state index contributed by atoms with van der Waals surface area (Å²) in [5.41, 5.74) is 12.4. The van der Waals surface area contributed by atoms with Crippen LogP contribution in [-0.4, -0.2) is 18.9 Å². The monoisotopic (exact) mass is 285 g/mol. The highest BCUT2D eigenvalue weighted by atomic mass is 16.5. The summed E-state index contributed by atoms with van der Waals surface area (Å²) in [6.07, 6.45) is 0. The molecular weight excluding hydrogens is 270 g/mol. The highest BCUT2D eigenvalue weighted by molar-refractivity contribution is 6.09. The Balaban J connectivity index is 2.24. The smallest absolute Gasteiger partial charge is 0.261 e. The van der Waals surface area contributed by atoms with Gasteiger partial charge in [0.15, 0.2) is 0 Å². The van der Waals surface area contributed by atoms with Gasteiger partial charge in [0.25, 0.3) is 5.91 Å². The maximum Gasteiger partial charge on any atom is 0.261 e. The average Bonchev–Trinajstić information content (AvgIpc) is 2.47. The first-order valence-corrected chi connectivity index (χ1v) is 6.16. The van der Waals surface area contributed by atoms with Gasteiger partial charge >= 0.3 is 0 Å². The summed E-state index contributed by atoms with van der Waals surface area (Å²) >= 11 is 0. The minimum absolute atomic E-state index is 0.263. The van der Waals surface area contributed by atoms with E-state index in [0.717, 1.165) is 0 Å². The summed E-state index contributed by atoms with van der Waals surface area (Å²) in [4.78, 5) is 23.3. The number of primary amides is 1. The molecule has 0 aliphatic carbocycles. The van der Waals surface area contributed by atoms with Crippen molar-refractivity contribution in [3.63, 3.8) is 0 Å². The Morgan fingerprint density at radius 2 is 1.76 bits per heavy atom. The highest BCUT2D eigenvalue weighted by Crippen LogP contribution is 2.25. The number of carbonyl (C=O) groups is 2. The molecule has 2 rings (SSSR count). The van der Waals surface area contributed by atoms with Crippen LogP contribution in [0.2, 0.25) is 0 Å². The number of hydrogen-bond donors (Lipinski definition) is 3. The number of hydrogen-bond acceptors (Lipinski definition) is 4. The molecule has 108 valence electrons. The Bertz CT molecular complexity index is 681. The maximum absolute atomic E-state index is 12.3. The van der Waals surface area contributed by atoms with Crippen LogP contribution in [0.4, 0.5) is 11.4 Å². The summed E-state index contributed by atoms with van der Waals surface area (Å²) in [5.74, 6) is -0.528. The number of amides is 2. The van der Waals surface area contributed by atoms with Crippen LogP contribution < -0.4 is 21.5 Å². The Morgan fingerprint density at radius 3 is 2.33 bits per heavy atom. The standard InChI is InChI=1S/C15H15N3O3/c1-21-12-4-2-3-11(16)13(12)15(20)18-10-7-5-9(6-8-10)14(17)19/h2-8H,16H2,1H3,(H2,17,19)(H,18,20). The lowest BCUT2D eigenvalue weighted by Crippen LogP contribution is -2.16. The molecular formula is C15H15N3O3. The summed E-state index contributed by atoms with van der Waals surface area (Å²) in [5, 5.41) is 2.69. The quantitative estimate of drug-likeness (QED) is 0.742. The normalized spacial score (nSPS) is 9.95. The lowest BCUT2D eigenvalue weighted by Gasteiger charge is -2.11. The van der Waals surface area contributed by atoms with Crippen LogP contribution in [0.3, 0.4) is 0 Å². The molecule has 0 aromatic heterocycles. The molecule has 2 aromatic rings. The molecule has 21 heavy (non-hydrogen) atoms. The lowest BCUT2D eigenvalue weighted by atomic mass is 10.1. The fraction of sp³-hybridized carbons (Fsp3) is 0.0667. The van der Waals surface area contributed by atoms with Crippen molar-refractivity contribution in [1.82, 2.24) is 0 Å². The SMILES string of the molecule is COc1cccc(N)c1C(=O)Nc1ccc(C(N)=O)cc1. The van der Waals surface area contributed by atoms with Gasteiger partial charge in [-0.25, -0.2) is 0 Å². The van der Waals surface area contributed by atoms with Gasteiger partial charge < -0.3 is 21.5 Å². The third kappa shape index (κ3) is 3.11. The number of methoxy groups -OCH3 is 1. The third-order valence-corrected chi connectivity index (χ3v) is 2.93. The van der Waals surface area contributed by atoms with E-state index in [1.54, 1.807) is 30.3 Å². The van der Waals surface area contributed by atoms with E-state index in [4.69, 9.17) is 16.2 Å². The molecule has 0 aliphatic heterocycles. The number of benzene rings is 2. The van der Waals surface area contributed by atoms with Crippen LogP contribution in [0.25, 0.3) is 0 Å². The van der Waals surface area contributed by atoms with Crippen molar-refractivity contribution >= 4 is 23.2 Å². The van der Waals surface area contributed by atoms with Gasteiger partial charge in [0.1, 0.15) is 11.3 Å². The van der Waals surface area contributed by atoms with Gasteiger partial charge in [-0.15, -0.1) is 0 Å². The van der Waals surface area contributed by atoms with Crippen molar-refractivity contribution in [2.75, 3.05) is 18.2 Å². The summed E-state index contributed by atoms with van der Waals surface area (Å²) in [7, 11) is 1.47. The highest BCUT2D eigenvalue weighted by Gasteiger charge is 2.15. The van der Waals surface area contributed by atoms with Crippen LogP contribution >= 0.6 is 0 Å². The Hall–Kier alpha value is -3.02. The molecule has 0 saturated carbocycles. The van der Waals surface area contributed by atoms with Crippen molar-refractivity contribution in [1.29, 1.82) is 0 Å². The van der Waals surface area contributed by atoms with Gasteiger partial charge in [-0.05, 0) is 36.4 Å². The number of rotatable bonds is 4. The molecule has 0 unspecified atom stereocenters. The number of ether oxygens (including phenoxy) is 1. The second-order valence-electron chi connectivity index (χ2n) is 4.32. The van der Waals surface area contributed by atoms with Gasteiger partial charge in [0, 0.05) is 16.9 Å². The van der Waals surface area contributed by atoms with E-state index in [-0.39, 0.29) is 5.56 Å². The first kappa shape index (κ1) is 14.4. The minimum Gasteiger partial charge on any atom is -0.496 e. The number of nitrogen functional groups attached to an aromatic ring is 1. The van der Waals surface area contributed by atoms with Gasteiger partial charge in [-0.3, -0.25) is 9.59 Å².